The van der Waals surface area contributed by atoms with Crippen molar-refractivity contribution < 1.29 is 22.8 Å². The summed E-state index contributed by atoms with van der Waals surface area (Å²) in [5.74, 6) is -6.20. The lowest BCUT2D eigenvalue weighted by Crippen LogP contribution is -2.17. The molecule has 1 amide bonds. The van der Waals surface area contributed by atoms with Gasteiger partial charge in [-0.3, -0.25) is 9.59 Å². The van der Waals surface area contributed by atoms with E-state index in [0.717, 1.165) is 0 Å². The van der Waals surface area contributed by atoms with E-state index in [2.05, 4.69) is 5.32 Å². The lowest BCUT2D eigenvalue weighted by Gasteiger charge is -2.10. The smallest absolute Gasteiger partial charge is 0.231 e. The van der Waals surface area contributed by atoms with Crippen LogP contribution in [0.2, 0.25) is 15.1 Å². The number of carbonyl (C=O) groups excluding carboxylic acids is 2. The minimum atomic E-state index is -1.42. The Balaban J connectivity index is 1.53. The van der Waals surface area contributed by atoms with Crippen LogP contribution in [0.25, 0.3) is 0 Å². The second kappa shape index (κ2) is 9.83. The molecule has 0 aliphatic heterocycles. The Morgan fingerprint density at radius 2 is 1.49 bits per heavy atom. The van der Waals surface area contributed by atoms with Gasteiger partial charge < -0.3 is 5.32 Å². The summed E-state index contributed by atoms with van der Waals surface area (Å²) in [4.78, 5) is 25.6. The summed E-state index contributed by atoms with van der Waals surface area (Å²) < 4.78 is 39.7. The summed E-state index contributed by atoms with van der Waals surface area (Å²) in [6.45, 7) is 0. The van der Waals surface area contributed by atoms with E-state index >= 15 is 0 Å². The zero-order valence-electron chi connectivity index (χ0n) is 17.3. The van der Waals surface area contributed by atoms with Crippen molar-refractivity contribution in [1.29, 1.82) is 0 Å². The maximum atomic E-state index is 14.0. The number of nitrogens with one attached hydrogen (secondary N) is 1. The van der Waals surface area contributed by atoms with Gasteiger partial charge in [-0.2, -0.15) is 0 Å². The average Bonchev–Trinajstić information content (AvgIpc) is 3.33. The first-order valence-corrected chi connectivity index (χ1v) is 11.9. The van der Waals surface area contributed by atoms with Crippen LogP contribution in [-0.2, 0) is 11.2 Å². The molecule has 3 aromatic rings. The summed E-state index contributed by atoms with van der Waals surface area (Å²) in [7, 11) is 0. The Bertz CT molecular complexity index is 1320. The Morgan fingerprint density at radius 3 is 2.09 bits per heavy atom. The van der Waals surface area contributed by atoms with Gasteiger partial charge in [-0.15, -0.1) is 23.2 Å². The third-order valence-corrected chi connectivity index (χ3v) is 7.26. The molecule has 11 heteroatoms. The van der Waals surface area contributed by atoms with Crippen LogP contribution in [0.3, 0.4) is 0 Å². The molecule has 0 bridgehead atoms. The molecule has 0 heterocycles. The molecule has 1 aliphatic rings. The topological polar surface area (TPSA) is 46.2 Å². The van der Waals surface area contributed by atoms with Crippen LogP contribution in [-0.4, -0.2) is 16.0 Å². The van der Waals surface area contributed by atoms with E-state index in [1.165, 1.54) is 24.3 Å². The predicted molar refractivity (Wildman–Crippen MR) is 132 cm³/mol. The number of alkyl halides is 2. The van der Waals surface area contributed by atoms with Crippen molar-refractivity contribution in [2.75, 3.05) is 5.32 Å². The monoisotopic (exact) mass is 579 g/mol. The number of hydrogen-bond acceptors (Lipinski definition) is 2. The number of amides is 1. The lowest BCUT2D eigenvalue weighted by atomic mass is 10.0. The molecule has 1 aliphatic carbocycles. The number of hydrogen-bond donors (Lipinski definition) is 1. The standard InChI is InChI=1S/C24H13Cl5F3NO2/c25-11-3-10(4-12(26)5-11)21-22(24(21,28)29)23(35)33-14-1-2-17(27)15(8-14)20(34)9-16-18(31)6-13(30)7-19(16)32/h1-8,21-22H,9H2,(H,33,35)/t21-,22+/m1/s1. The molecule has 0 radical (unpaired) electrons. The van der Waals surface area contributed by atoms with Crippen LogP contribution < -0.4 is 5.32 Å². The van der Waals surface area contributed by atoms with Crippen LogP contribution in [0.5, 0.6) is 0 Å². The third-order valence-electron chi connectivity index (χ3n) is 5.56. The Morgan fingerprint density at radius 1 is 0.886 bits per heavy atom. The highest BCUT2D eigenvalue weighted by molar-refractivity contribution is 6.53. The SMILES string of the molecule is O=C(Cc1c(F)cc(F)cc1F)c1cc(NC(=O)[C@@H]2[C@@H](c3cc(Cl)cc(Cl)c3)C2(Cl)Cl)ccc1Cl. The number of anilines is 1. The van der Waals surface area contributed by atoms with E-state index in [1.54, 1.807) is 12.1 Å². The first kappa shape index (κ1) is 26.1. The first-order chi connectivity index (χ1) is 16.4. The highest BCUT2D eigenvalue weighted by atomic mass is 35.5. The molecule has 1 saturated carbocycles. The van der Waals surface area contributed by atoms with Crippen molar-refractivity contribution in [2.45, 2.75) is 16.7 Å². The minimum Gasteiger partial charge on any atom is -0.326 e. The third kappa shape index (κ3) is 5.42. The van der Waals surface area contributed by atoms with Crippen molar-refractivity contribution in [3.8, 4) is 0 Å². The molecule has 3 nitrogen and oxygen atoms in total. The molecule has 182 valence electrons. The molecule has 2 atom stereocenters. The van der Waals surface area contributed by atoms with Gasteiger partial charge in [-0.05, 0) is 42.0 Å². The Labute approximate surface area is 223 Å². The number of ketones is 1. The van der Waals surface area contributed by atoms with E-state index in [1.807, 2.05) is 0 Å². The zero-order chi connectivity index (χ0) is 25.7. The van der Waals surface area contributed by atoms with Crippen molar-refractivity contribution in [1.82, 2.24) is 0 Å². The normalized spacial score (nSPS) is 18.3. The molecule has 0 saturated heterocycles. The Kier molecular flexibility index (Phi) is 7.33. The van der Waals surface area contributed by atoms with Gasteiger partial charge in [-0.25, -0.2) is 13.2 Å². The van der Waals surface area contributed by atoms with E-state index in [0.29, 0.717) is 27.7 Å². The van der Waals surface area contributed by atoms with Crippen molar-refractivity contribution in [2.24, 2.45) is 5.92 Å². The van der Waals surface area contributed by atoms with Crippen LogP contribution in [0.15, 0.2) is 48.5 Å². The van der Waals surface area contributed by atoms with Gasteiger partial charge in [0, 0.05) is 51.3 Å². The Hall–Kier alpha value is -1.96. The second-order valence-electron chi connectivity index (χ2n) is 7.96. The van der Waals surface area contributed by atoms with Crippen LogP contribution >= 0.6 is 58.0 Å². The number of benzene rings is 3. The van der Waals surface area contributed by atoms with Crippen LogP contribution in [0.1, 0.15) is 27.4 Å². The molecule has 0 spiro atoms. The molecule has 3 aromatic carbocycles. The van der Waals surface area contributed by atoms with Crippen LogP contribution in [0.4, 0.5) is 18.9 Å². The van der Waals surface area contributed by atoms with E-state index in [4.69, 9.17) is 58.0 Å². The molecular formula is C24H13Cl5F3NO2. The van der Waals surface area contributed by atoms with Crippen molar-refractivity contribution in [3.63, 3.8) is 0 Å². The number of halogens is 8. The molecule has 1 N–H and O–H groups in total. The summed E-state index contributed by atoms with van der Waals surface area (Å²) in [5, 5.41) is 3.34. The van der Waals surface area contributed by atoms with Crippen molar-refractivity contribution in [3.05, 3.63) is 97.7 Å². The molecular weight excluding hydrogens is 569 g/mol. The highest BCUT2D eigenvalue weighted by Crippen LogP contribution is 2.65. The van der Waals surface area contributed by atoms with Gasteiger partial charge in [0.05, 0.1) is 10.9 Å². The summed E-state index contributed by atoms with van der Waals surface area (Å²) >= 11 is 30.9. The molecule has 0 unspecified atom stereocenters. The lowest BCUT2D eigenvalue weighted by molar-refractivity contribution is -0.117. The maximum absolute atomic E-state index is 14.0. The fourth-order valence-electron chi connectivity index (χ4n) is 3.86. The predicted octanol–water partition coefficient (Wildman–Crippen LogP) is 8.02. The summed E-state index contributed by atoms with van der Waals surface area (Å²) in [6, 6.07) is 9.76. The molecule has 4 rings (SSSR count). The number of Topliss-reactive ketones (excluding diaryl/α,β-unsaturated/α-hetero) is 1. The zero-order valence-corrected chi connectivity index (χ0v) is 21.1. The number of rotatable bonds is 6. The fraction of sp³-hybridized carbons (Fsp3) is 0.167. The van der Waals surface area contributed by atoms with Gasteiger partial charge in [0.1, 0.15) is 21.8 Å². The minimum absolute atomic E-state index is 0.00201. The van der Waals surface area contributed by atoms with Gasteiger partial charge in [0.2, 0.25) is 5.91 Å². The van der Waals surface area contributed by atoms with Gasteiger partial charge >= 0.3 is 0 Å². The van der Waals surface area contributed by atoms with Crippen LogP contribution in [0, 0.1) is 23.4 Å². The summed E-state index contributed by atoms with van der Waals surface area (Å²) in [5.41, 5.74) is 0.0752. The van der Waals surface area contributed by atoms with Gasteiger partial charge in [0.25, 0.3) is 0 Å². The molecule has 0 aromatic heterocycles. The first-order valence-electron chi connectivity index (χ1n) is 9.99. The highest BCUT2D eigenvalue weighted by Gasteiger charge is 2.67. The quantitative estimate of drug-likeness (QED) is 0.237. The molecule has 35 heavy (non-hydrogen) atoms. The maximum Gasteiger partial charge on any atom is 0.231 e. The van der Waals surface area contributed by atoms with E-state index in [-0.39, 0.29) is 16.3 Å². The largest absolute Gasteiger partial charge is 0.326 e. The van der Waals surface area contributed by atoms with Crippen molar-refractivity contribution >= 4 is 75.4 Å². The number of carbonyl (C=O) groups is 2. The van der Waals surface area contributed by atoms with E-state index < -0.39 is 57.3 Å². The summed E-state index contributed by atoms with van der Waals surface area (Å²) in [6.07, 6.45) is -0.707. The molecule has 1 fully saturated rings. The van der Waals surface area contributed by atoms with E-state index in [9.17, 15) is 22.8 Å². The van der Waals surface area contributed by atoms with Gasteiger partial charge in [-0.1, -0.05) is 34.8 Å². The van der Waals surface area contributed by atoms with Gasteiger partial charge in [0.15, 0.2) is 5.78 Å². The average molecular weight is 582 g/mol. The fourth-order valence-corrected chi connectivity index (χ4v) is 5.45. The second-order valence-corrected chi connectivity index (χ2v) is 10.7.